The number of benzene rings is 1. The summed E-state index contributed by atoms with van der Waals surface area (Å²) in [7, 11) is 0. The minimum absolute atomic E-state index is 0.0541. The molecule has 3 rings (SSSR count). The summed E-state index contributed by atoms with van der Waals surface area (Å²) in [5.41, 5.74) is 3.03. The molecule has 140 valence electrons. The topological polar surface area (TPSA) is 49.4 Å². The molecule has 1 fully saturated rings. The van der Waals surface area contributed by atoms with Gasteiger partial charge in [0.2, 0.25) is 5.91 Å². The van der Waals surface area contributed by atoms with Gasteiger partial charge in [-0.2, -0.15) is 0 Å². The Bertz CT molecular complexity index is 904. The van der Waals surface area contributed by atoms with Crippen molar-refractivity contribution in [3.8, 4) is 0 Å². The highest BCUT2D eigenvalue weighted by molar-refractivity contribution is 8.26. The van der Waals surface area contributed by atoms with Gasteiger partial charge >= 0.3 is 0 Å². The Balaban J connectivity index is 1.52. The van der Waals surface area contributed by atoms with E-state index >= 15 is 0 Å². The van der Waals surface area contributed by atoms with Crippen molar-refractivity contribution in [2.24, 2.45) is 0 Å². The number of anilines is 1. The second-order valence-electron chi connectivity index (χ2n) is 6.32. The van der Waals surface area contributed by atoms with Crippen molar-refractivity contribution < 1.29 is 9.59 Å². The quantitative estimate of drug-likeness (QED) is 0.533. The fraction of sp³-hybridized carbons (Fsp3) is 0.250. The van der Waals surface area contributed by atoms with Crippen LogP contribution in [0.3, 0.4) is 0 Å². The highest BCUT2D eigenvalue weighted by Crippen LogP contribution is 2.33. The summed E-state index contributed by atoms with van der Waals surface area (Å²) in [4.78, 5) is 28.0. The van der Waals surface area contributed by atoms with E-state index in [0.29, 0.717) is 28.6 Å². The van der Waals surface area contributed by atoms with E-state index in [4.69, 9.17) is 12.2 Å². The number of thiophene rings is 1. The number of aryl methyl sites for hydroxylation is 2. The minimum Gasteiger partial charge on any atom is -0.326 e. The molecule has 7 heteroatoms. The summed E-state index contributed by atoms with van der Waals surface area (Å²) in [6.07, 6.45) is 2.78. The summed E-state index contributed by atoms with van der Waals surface area (Å²) in [5.74, 6) is -0.130. The van der Waals surface area contributed by atoms with Crippen LogP contribution in [0.15, 0.2) is 40.6 Å². The van der Waals surface area contributed by atoms with Crippen LogP contribution in [-0.2, 0) is 9.59 Å². The Hall–Kier alpha value is -1.96. The van der Waals surface area contributed by atoms with E-state index in [-0.39, 0.29) is 11.8 Å². The Morgan fingerprint density at radius 1 is 1.30 bits per heavy atom. The third-order valence-electron chi connectivity index (χ3n) is 4.13. The number of thiocarbonyl (C=S) groups is 1. The minimum atomic E-state index is -0.0758. The molecule has 2 heterocycles. The van der Waals surface area contributed by atoms with Gasteiger partial charge in [0.1, 0.15) is 4.32 Å². The van der Waals surface area contributed by atoms with Gasteiger partial charge in [-0.15, -0.1) is 11.3 Å². The molecule has 0 unspecified atom stereocenters. The monoisotopic (exact) mass is 416 g/mol. The van der Waals surface area contributed by atoms with Gasteiger partial charge in [-0.25, -0.2) is 0 Å². The first kappa shape index (κ1) is 19.8. The van der Waals surface area contributed by atoms with Gasteiger partial charge in [-0.05, 0) is 49.4 Å². The third-order valence-corrected chi connectivity index (χ3v) is 6.33. The maximum atomic E-state index is 12.5. The smallest absolute Gasteiger partial charge is 0.266 e. The van der Waals surface area contributed by atoms with E-state index in [9.17, 15) is 9.59 Å². The summed E-state index contributed by atoms with van der Waals surface area (Å²) in [5, 5.41) is 4.91. The summed E-state index contributed by atoms with van der Waals surface area (Å²) < 4.78 is 0.553. The zero-order chi connectivity index (χ0) is 19.4. The number of hydrogen-bond donors (Lipinski definition) is 1. The van der Waals surface area contributed by atoms with Crippen molar-refractivity contribution in [2.45, 2.75) is 26.7 Å². The van der Waals surface area contributed by atoms with Gasteiger partial charge in [0.15, 0.2) is 0 Å². The van der Waals surface area contributed by atoms with Gasteiger partial charge in [0.25, 0.3) is 5.91 Å². The predicted octanol–water partition coefficient (Wildman–Crippen LogP) is 4.99. The summed E-state index contributed by atoms with van der Waals surface area (Å²) in [6, 6.07) is 9.85. The maximum Gasteiger partial charge on any atom is 0.266 e. The van der Waals surface area contributed by atoms with Crippen LogP contribution in [0.2, 0.25) is 0 Å². The second-order valence-corrected chi connectivity index (χ2v) is 8.97. The van der Waals surface area contributed by atoms with E-state index in [1.807, 2.05) is 55.6 Å². The number of amides is 2. The number of rotatable bonds is 6. The molecule has 0 radical (unpaired) electrons. The number of nitrogens with one attached hydrogen (secondary N) is 1. The SMILES string of the molecule is Cc1ccc(NC(=O)CCCN2C(=O)C(=Cc3cccs3)SC2=S)c(C)c1. The Kier molecular flexibility index (Phi) is 6.46. The van der Waals surface area contributed by atoms with Crippen molar-refractivity contribution in [1.82, 2.24) is 4.90 Å². The van der Waals surface area contributed by atoms with Gasteiger partial charge in [-0.3, -0.25) is 14.5 Å². The van der Waals surface area contributed by atoms with Crippen LogP contribution in [0.5, 0.6) is 0 Å². The fourth-order valence-electron chi connectivity index (χ4n) is 2.76. The number of carbonyl (C=O) groups excluding carboxylic acids is 2. The fourth-order valence-corrected chi connectivity index (χ4v) is 4.79. The first-order chi connectivity index (χ1) is 12.9. The summed E-state index contributed by atoms with van der Waals surface area (Å²) >= 11 is 8.24. The Labute approximate surface area is 172 Å². The van der Waals surface area contributed by atoms with Gasteiger partial charge < -0.3 is 5.32 Å². The van der Waals surface area contributed by atoms with E-state index in [0.717, 1.165) is 21.7 Å². The zero-order valence-electron chi connectivity index (χ0n) is 15.2. The molecule has 0 bridgehead atoms. The van der Waals surface area contributed by atoms with Gasteiger partial charge in [0, 0.05) is 23.5 Å². The Morgan fingerprint density at radius 3 is 2.81 bits per heavy atom. The lowest BCUT2D eigenvalue weighted by atomic mass is 10.1. The molecular formula is C20H20N2O2S3. The first-order valence-electron chi connectivity index (χ1n) is 8.60. The standard InChI is InChI=1S/C20H20N2O2S3/c1-13-7-8-16(14(2)11-13)21-18(23)6-3-9-22-19(24)17(27-20(22)25)12-15-5-4-10-26-15/h4-5,7-8,10-12H,3,6,9H2,1-2H3,(H,21,23). The van der Waals surface area contributed by atoms with Crippen LogP contribution >= 0.6 is 35.3 Å². The van der Waals surface area contributed by atoms with E-state index in [1.54, 1.807) is 16.2 Å². The molecule has 1 aromatic heterocycles. The van der Waals surface area contributed by atoms with E-state index in [2.05, 4.69) is 5.32 Å². The van der Waals surface area contributed by atoms with Crippen LogP contribution < -0.4 is 5.32 Å². The van der Waals surface area contributed by atoms with Crippen molar-refractivity contribution >= 4 is 63.2 Å². The summed E-state index contributed by atoms with van der Waals surface area (Å²) in [6.45, 7) is 4.45. The molecule has 2 amide bonds. The molecule has 2 aromatic rings. The van der Waals surface area contributed by atoms with Crippen LogP contribution in [0.25, 0.3) is 6.08 Å². The number of nitrogens with zero attached hydrogens (tertiary/aromatic N) is 1. The number of carbonyl (C=O) groups is 2. The molecule has 0 spiro atoms. The zero-order valence-corrected chi connectivity index (χ0v) is 17.6. The van der Waals surface area contributed by atoms with Gasteiger partial charge in [-0.1, -0.05) is 47.7 Å². The largest absolute Gasteiger partial charge is 0.326 e. The second kappa shape index (κ2) is 8.82. The van der Waals surface area contributed by atoms with Gasteiger partial charge in [0.05, 0.1) is 4.91 Å². The lowest BCUT2D eigenvalue weighted by Crippen LogP contribution is -2.29. The lowest BCUT2D eigenvalue weighted by Gasteiger charge is -2.14. The first-order valence-corrected chi connectivity index (χ1v) is 10.7. The normalized spacial score (nSPS) is 15.6. The molecule has 0 atom stereocenters. The number of hydrogen-bond acceptors (Lipinski definition) is 5. The molecule has 1 aromatic carbocycles. The third kappa shape index (κ3) is 5.06. The van der Waals surface area contributed by atoms with Crippen LogP contribution in [-0.4, -0.2) is 27.6 Å². The number of thioether (sulfide) groups is 1. The molecule has 0 aliphatic carbocycles. The predicted molar refractivity (Wildman–Crippen MR) is 118 cm³/mol. The molecule has 1 aliphatic rings. The van der Waals surface area contributed by atoms with Crippen LogP contribution in [0.4, 0.5) is 5.69 Å². The van der Waals surface area contributed by atoms with Crippen molar-refractivity contribution in [2.75, 3.05) is 11.9 Å². The average molecular weight is 417 g/mol. The van der Waals surface area contributed by atoms with E-state index in [1.165, 1.54) is 11.8 Å². The van der Waals surface area contributed by atoms with Crippen LogP contribution in [0.1, 0.15) is 28.8 Å². The van der Waals surface area contributed by atoms with Crippen molar-refractivity contribution in [3.63, 3.8) is 0 Å². The Morgan fingerprint density at radius 2 is 2.11 bits per heavy atom. The van der Waals surface area contributed by atoms with E-state index < -0.39 is 0 Å². The lowest BCUT2D eigenvalue weighted by molar-refractivity contribution is -0.122. The molecule has 27 heavy (non-hydrogen) atoms. The van der Waals surface area contributed by atoms with Crippen molar-refractivity contribution in [1.29, 1.82) is 0 Å². The highest BCUT2D eigenvalue weighted by Gasteiger charge is 2.31. The maximum absolute atomic E-state index is 12.5. The van der Waals surface area contributed by atoms with Crippen molar-refractivity contribution in [3.05, 3.63) is 56.6 Å². The molecule has 1 aliphatic heterocycles. The molecule has 1 N–H and O–H groups in total. The average Bonchev–Trinajstić information content (AvgIpc) is 3.21. The molecule has 4 nitrogen and oxygen atoms in total. The molecular weight excluding hydrogens is 396 g/mol. The van der Waals surface area contributed by atoms with Crippen LogP contribution in [0, 0.1) is 13.8 Å². The highest BCUT2D eigenvalue weighted by atomic mass is 32.2. The molecule has 1 saturated heterocycles. The molecule has 0 saturated carbocycles.